The van der Waals surface area contributed by atoms with E-state index in [1.165, 1.54) is 11.5 Å². The Morgan fingerprint density at radius 3 is 2.02 bits per heavy atom. The molecule has 0 bridgehead atoms. The summed E-state index contributed by atoms with van der Waals surface area (Å²) in [4.78, 5) is 47.9. The Morgan fingerprint density at radius 1 is 0.867 bits per heavy atom. The van der Waals surface area contributed by atoms with Crippen molar-refractivity contribution in [3.05, 3.63) is 131 Å². The minimum Gasteiger partial charge on any atom is -0.459 e. The van der Waals surface area contributed by atoms with Gasteiger partial charge in [0, 0.05) is 6.20 Å². The van der Waals surface area contributed by atoms with Crippen LogP contribution in [0.25, 0.3) is 11.0 Å². The minimum atomic E-state index is -1.82. The molecule has 0 N–H and O–H groups in total. The van der Waals surface area contributed by atoms with Gasteiger partial charge in [-0.1, -0.05) is 66.2 Å². The first-order valence-corrected chi connectivity index (χ1v) is 14.2. The van der Waals surface area contributed by atoms with Gasteiger partial charge in [-0.2, -0.15) is 0 Å². The molecule has 12 heteroatoms. The van der Waals surface area contributed by atoms with Crippen molar-refractivity contribution in [1.29, 1.82) is 0 Å². The van der Waals surface area contributed by atoms with Crippen LogP contribution in [0.1, 0.15) is 44.2 Å². The summed E-state index contributed by atoms with van der Waals surface area (Å²) in [7, 11) is 0. The van der Waals surface area contributed by atoms with E-state index in [-0.39, 0.29) is 32.9 Å². The van der Waals surface area contributed by atoms with E-state index in [2.05, 4.69) is 9.97 Å². The highest BCUT2D eigenvalue weighted by Gasteiger charge is 2.60. The molecule has 1 aliphatic rings. The molecule has 0 saturated carbocycles. The summed E-state index contributed by atoms with van der Waals surface area (Å²) in [6.45, 7) is 1.08. The molecular weight excluding hydrogens is 605 g/mol. The van der Waals surface area contributed by atoms with Crippen LogP contribution in [0.5, 0.6) is 0 Å². The van der Waals surface area contributed by atoms with Crippen LogP contribution in [0.15, 0.2) is 104 Å². The molecule has 0 aliphatic carbocycles. The molecule has 2 aromatic heterocycles. The van der Waals surface area contributed by atoms with Gasteiger partial charge in [-0.05, 0) is 43.3 Å². The number of hydrogen-bond donors (Lipinski definition) is 0. The maximum atomic E-state index is 15.3. The Balaban J connectivity index is 1.43. The topological polar surface area (TPSA) is 119 Å². The van der Waals surface area contributed by atoms with Gasteiger partial charge in [0.25, 0.3) is 0 Å². The van der Waals surface area contributed by atoms with Crippen molar-refractivity contribution >= 4 is 40.5 Å². The molecule has 228 valence electrons. The van der Waals surface area contributed by atoms with Crippen molar-refractivity contribution in [3.63, 3.8) is 0 Å². The van der Waals surface area contributed by atoms with Gasteiger partial charge in [-0.3, -0.25) is 4.57 Å². The second-order valence-electron chi connectivity index (χ2n) is 10.4. The first-order valence-electron chi connectivity index (χ1n) is 13.8. The van der Waals surface area contributed by atoms with Gasteiger partial charge in [-0.25, -0.2) is 28.7 Å². The lowest BCUT2D eigenvalue weighted by Crippen LogP contribution is -2.50. The van der Waals surface area contributed by atoms with E-state index in [0.717, 1.165) is 12.5 Å². The Bertz CT molecular complexity index is 1860. The highest BCUT2D eigenvalue weighted by molar-refractivity contribution is 6.34. The van der Waals surface area contributed by atoms with Crippen molar-refractivity contribution in [3.8, 4) is 0 Å². The van der Waals surface area contributed by atoms with Gasteiger partial charge in [0.1, 0.15) is 29.8 Å². The van der Waals surface area contributed by atoms with E-state index in [1.54, 1.807) is 91.0 Å². The summed E-state index contributed by atoms with van der Waals surface area (Å²) >= 11 is 6.20. The normalized spacial score (nSPS) is 20.9. The highest BCUT2D eigenvalue weighted by atomic mass is 35.5. The van der Waals surface area contributed by atoms with Gasteiger partial charge in [-0.15, -0.1) is 0 Å². The van der Waals surface area contributed by atoms with Crippen molar-refractivity contribution < 1.29 is 37.7 Å². The number of esters is 3. The molecule has 0 spiro atoms. The third kappa shape index (κ3) is 5.87. The number of ether oxygens (including phenoxy) is 4. The lowest BCUT2D eigenvalue weighted by Gasteiger charge is -2.34. The van der Waals surface area contributed by atoms with Crippen LogP contribution in [0.2, 0.25) is 5.15 Å². The van der Waals surface area contributed by atoms with Crippen molar-refractivity contribution in [2.75, 3.05) is 6.61 Å². The highest BCUT2D eigenvalue weighted by Crippen LogP contribution is 2.45. The first kappa shape index (κ1) is 29.9. The fourth-order valence-corrected chi connectivity index (χ4v) is 5.46. The minimum absolute atomic E-state index is 0.0366. The zero-order valence-corrected chi connectivity index (χ0v) is 24.5. The number of halogens is 2. The zero-order valence-electron chi connectivity index (χ0n) is 23.7. The number of carbonyl (C=O) groups excluding carboxylic acids is 3. The molecule has 1 unspecified atom stereocenters. The summed E-state index contributed by atoms with van der Waals surface area (Å²) < 4.78 is 40.6. The Hall–Kier alpha value is -5.13. The van der Waals surface area contributed by atoms with Crippen LogP contribution < -0.4 is 0 Å². The van der Waals surface area contributed by atoms with Crippen LogP contribution in [0, 0.1) is 5.82 Å². The number of fused-ring (bicyclic) bond motifs is 1. The predicted molar refractivity (Wildman–Crippen MR) is 159 cm³/mol. The van der Waals surface area contributed by atoms with E-state index in [1.807, 2.05) is 0 Å². The zero-order chi connectivity index (χ0) is 31.6. The smallest absolute Gasteiger partial charge is 0.338 e. The summed E-state index contributed by atoms with van der Waals surface area (Å²) in [5.74, 6) is -2.93. The lowest BCUT2D eigenvalue weighted by atomic mass is 9.95. The van der Waals surface area contributed by atoms with Crippen LogP contribution >= 0.6 is 11.6 Å². The number of benzene rings is 3. The van der Waals surface area contributed by atoms with E-state index >= 15 is 4.39 Å². The molecule has 0 amide bonds. The molecule has 1 fully saturated rings. The standard InChI is InChI=1S/C33H25ClFN3O7/c1-33(45-31(41)22-15-9-4-10-16-22)26(44-30(40)21-13-7-3-8-14-21)24(18-42-29(39)20-11-5-2-6-12-20)43-32(33)38-17-23(35)25-27(34)36-19-37-28(25)38/h2-17,19,24,26,32H,18H2,1H3/t24-,26-,32?,33-/m1/s1. The Morgan fingerprint density at radius 2 is 1.42 bits per heavy atom. The number of nitrogens with zero attached hydrogens (tertiary/aromatic N) is 3. The van der Waals surface area contributed by atoms with Crippen LogP contribution in [0.4, 0.5) is 4.39 Å². The fraction of sp³-hybridized carbons (Fsp3) is 0.182. The second-order valence-corrected chi connectivity index (χ2v) is 10.7. The second kappa shape index (κ2) is 12.5. The molecule has 1 aliphatic heterocycles. The summed E-state index contributed by atoms with van der Waals surface area (Å²) in [6, 6.07) is 24.6. The van der Waals surface area contributed by atoms with Gasteiger partial charge in [0.05, 0.1) is 22.1 Å². The van der Waals surface area contributed by atoms with Crippen LogP contribution in [-0.4, -0.2) is 56.9 Å². The predicted octanol–water partition coefficient (Wildman–Crippen LogP) is 5.82. The summed E-state index contributed by atoms with van der Waals surface area (Å²) in [5, 5.41) is -0.228. The van der Waals surface area contributed by atoms with Crippen LogP contribution in [0.3, 0.4) is 0 Å². The fourth-order valence-electron chi connectivity index (χ4n) is 5.24. The van der Waals surface area contributed by atoms with Gasteiger partial charge < -0.3 is 18.9 Å². The molecular formula is C33H25ClFN3O7. The molecule has 3 heterocycles. The number of carbonyl (C=O) groups is 3. The van der Waals surface area contributed by atoms with Crippen LogP contribution in [-0.2, 0) is 18.9 Å². The molecule has 10 nitrogen and oxygen atoms in total. The molecule has 45 heavy (non-hydrogen) atoms. The molecule has 0 radical (unpaired) electrons. The first-order chi connectivity index (χ1) is 21.8. The molecule has 5 aromatic rings. The molecule has 1 saturated heterocycles. The lowest BCUT2D eigenvalue weighted by molar-refractivity contribution is -0.108. The maximum absolute atomic E-state index is 15.3. The van der Waals surface area contributed by atoms with Gasteiger partial charge in [0.15, 0.2) is 23.8 Å². The molecule has 4 atom stereocenters. The SMILES string of the molecule is C[C@]1(OC(=O)c2ccccc2)C(n2cc(F)c3c(Cl)ncnc32)O[C@H](COC(=O)c2ccccc2)[C@H]1OC(=O)c1ccccc1. The van der Waals surface area contributed by atoms with Gasteiger partial charge >= 0.3 is 17.9 Å². The maximum Gasteiger partial charge on any atom is 0.338 e. The summed E-state index contributed by atoms with van der Waals surface area (Å²) in [6.07, 6.45) is -1.64. The number of aromatic nitrogens is 3. The van der Waals surface area contributed by atoms with E-state index in [4.69, 9.17) is 30.5 Å². The summed E-state index contributed by atoms with van der Waals surface area (Å²) in [5.41, 5.74) is -1.08. The number of hydrogen-bond acceptors (Lipinski definition) is 9. The largest absolute Gasteiger partial charge is 0.459 e. The monoisotopic (exact) mass is 629 g/mol. The van der Waals surface area contributed by atoms with Crippen molar-refractivity contribution in [1.82, 2.24) is 14.5 Å². The third-order valence-corrected chi connectivity index (χ3v) is 7.71. The molecule has 3 aromatic carbocycles. The van der Waals surface area contributed by atoms with E-state index in [0.29, 0.717) is 0 Å². The average Bonchev–Trinajstić information content (AvgIpc) is 3.54. The number of rotatable bonds is 8. The van der Waals surface area contributed by atoms with Crippen molar-refractivity contribution in [2.24, 2.45) is 0 Å². The average molecular weight is 630 g/mol. The van der Waals surface area contributed by atoms with Crippen molar-refractivity contribution in [2.45, 2.75) is 31.0 Å². The van der Waals surface area contributed by atoms with E-state index < -0.39 is 54.4 Å². The van der Waals surface area contributed by atoms with Gasteiger partial charge in [0.2, 0.25) is 0 Å². The molecule has 6 rings (SSSR count). The van der Waals surface area contributed by atoms with E-state index in [9.17, 15) is 14.4 Å². The Labute approximate surface area is 261 Å². The quantitative estimate of drug-likeness (QED) is 0.119. The Kier molecular flexibility index (Phi) is 8.29. The third-order valence-electron chi connectivity index (χ3n) is 7.42.